The van der Waals surface area contributed by atoms with Crippen LogP contribution in [0.1, 0.15) is 87.0 Å². The van der Waals surface area contributed by atoms with Crippen molar-refractivity contribution < 1.29 is 33.6 Å². The molecular weight excluding hydrogens is 646 g/mol. The maximum atomic E-state index is 12.4. The zero-order valence-electron chi connectivity index (χ0n) is 30.0. The summed E-state index contributed by atoms with van der Waals surface area (Å²) in [6.45, 7) is 8.77. The smallest absolute Gasteiger partial charge is 0.220 e. The van der Waals surface area contributed by atoms with Gasteiger partial charge in [-0.3, -0.25) is 9.59 Å². The second kappa shape index (κ2) is 17.7. The van der Waals surface area contributed by atoms with Gasteiger partial charge in [0.1, 0.15) is 0 Å². The topological polar surface area (TPSA) is 119 Å². The lowest BCUT2D eigenvalue weighted by Gasteiger charge is -2.44. The van der Waals surface area contributed by atoms with Gasteiger partial charge in [-0.05, 0) is 46.7 Å². The van der Waals surface area contributed by atoms with E-state index in [4.69, 9.17) is 18.9 Å². The minimum Gasteiger partial charge on any atom is -0.392 e. The maximum Gasteiger partial charge on any atom is 0.220 e. The molecule has 3 aromatic rings. The molecular formula is C41H53N3O7. The van der Waals surface area contributed by atoms with Gasteiger partial charge < -0.3 is 39.6 Å². The minimum absolute atomic E-state index is 0.00647. The molecule has 3 fully saturated rings. The number of amides is 2. The molecule has 3 saturated heterocycles. The summed E-state index contributed by atoms with van der Waals surface area (Å²) in [5.74, 6) is -0.295. The lowest BCUT2D eigenvalue weighted by atomic mass is 9.89. The van der Waals surface area contributed by atoms with E-state index in [1.54, 1.807) is 0 Å². The van der Waals surface area contributed by atoms with E-state index in [0.717, 1.165) is 85.1 Å². The molecule has 4 unspecified atom stereocenters. The Morgan fingerprint density at radius 3 is 2.27 bits per heavy atom. The molecule has 0 aromatic heterocycles. The lowest BCUT2D eigenvalue weighted by Crippen LogP contribution is -2.50. The zero-order valence-corrected chi connectivity index (χ0v) is 30.0. The Hall–Kier alpha value is -3.64. The molecule has 3 aromatic carbocycles. The van der Waals surface area contributed by atoms with Crippen molar-refractivity contribution in [3.05, 3.63) is 95.1 Å². The number of carbonyl (C=O) groups excluding carboxylic acids is 2. The van der Waals surface area contributed by atoms with Crippen LogP contribution < -0.4 is 10.6 Å². The monoisotopic (exact) mass is 699 g/mol. The summed E-state index contributed by atoms with van der Waals surface area (Å²) in [6.07, 6.45) is 4.00. The molecule has 51 heavy (non-hydrogen) atoms. The molecule has 1 spiro atoms. The van der Waals surface area contributed by atoms with Crippen molar-refractivity contribution >= 4 is 11.8 Å². The Morgan fingerprint density at radius 1 is 0.843 bits per heavy atom. The standard InChI is InChI=1S/C41H53N3O7/c1-29-37(27-44-21-18-41(19-22-44)48-23-24-49-41)50-40(51-39(29)34-12-10-31(28-45)11-13-34)35-16-14-33(15-17-35)36-8-6-7-32(25-36)26-43-38(47)9-4-3-5-20-42-30(2)46/h6-8,10-17,25,29,37,39-40,45H,3-5,9,18-24,26-28H2,1-2H3,(H,42,46)(H,43,47). The maximum absolute atomic E-state index is 12.4. The van der Waals surface area contributed by atoms with Gasteiger partial charge in [0.05, 0.1) is 32.0 Å². The largest absolute Gasteiger partial charge is 0.392 e. The van der Waals surface area contributed by atoms with Crippen LogP contribution in [0.25, 0.3) is 11.1 Å². The highest BCUT2D eigenvalue weighted by Gasteiger charge is 2.43. The first-order valence-corrected chi connectivity index (χ1v) is 18.5. The summed E-state index contributed by atoms with van der Waals surface area (Å²) in [7, 11) is 0. The molecule has 3 aliphatic heterocycles. The van der Waals surface area contributed by atoms with Gasteiger partial charge >= 0.3 is 0 Å². The molecule has 4 atom stereocenters. The van der Waals surface area contributed by atoms with Gasteiger partial charge in [-0.15, -0.1) is 0 Å². The average Bonchev–Trinajstić information content (AvgIpc) is 3.62. The van der Waals surface area contributed by atoms with Gasteiger partial charge in [-0.25, -0.2) is 0 Å². The van der Waals surface area contributed by atoms with Gasteiger partial charge in [0.15, 0.2) is 12.1 Å². The molecule has 0 bridgehead atoms. The second-order valence-corrected chi connectivity index (χ2v) is 14.1. The van der Waals surface area contributed by atoms with E-state index in [-0.39, 0.29) is 36.5 Å². The molecule has 10 heteroatoms. The van der Waals surface area contributed by atoms with Gasteiger partial charge in [-0.2, -0.15) is 0 Å². The Kier molecular flexibility index (Phi) is 12.9. The Labute approximate surface area is 301 Å². The Bertz CT molecular complexity index is 1560. The number of rotatable bonds is 14. The summed E-state index contributed by atoms with van der Waals surface area (Å²) < 4.78 is 25.4. The number of likely N-dealkylation sites (tertiary alicyclic amines) is 1. The van der Waals surface area contributed by atoms with Crippen LogP contribution in [-0.4, -0.2) is 73.1 Å². The van der Waals surface area contributed by atoms with Crippen molar-refractivity contribution in [3.8, 4) is 11.1 Å². The predicted molar refractivity (Wildman–Crippen MR) is 194 cm³/mol. The fourth-order valence-electron chi connectivity index (χ4n) is 7.28. The quantitative estimate of drug-likeness (QED) is 0.181. The predicted octanol–water partition coefficient (Wildman–Crippen LogP) is 5.79. The third kappa shape index (κ3) is 10.0. The molecule has 0 aliphatic carbocycles. The summed E-state index contributed by atoms with van der Waals surface area (Å²) in [5, 5.41) is 15.4. The SMILES string of the molecule is CC(=O)NCCCCCC(=O)NCc1cccc(-c2ccc(C3OC(CN4CCC5(CC4)OCCO5)C(C)C(c4ccc(CO)cc4)O3)cc2)c1. The van der Waals surface area contributed by atoms with Crippen molar-refractivity contribution in [2.45, 2.75) is 89.8 Å². The number of aliphatic hydroxyl groups is 1. The van der Waals surface area contributed by atoms with Crippen LogP contribution in [0.3, 0.4) is 0 Å². The minimum atomic E-state index is -0.535. The molecule has 10 nitrogen and oxygen atoms in total. The van der Waals surface area contributed by atoms with E-state index in [2.05, 4.69) is 71.0 Å². The van der Waals surface area contributed by atoms with E-state index in [1.165, 1.54) is 6.92 Å². The van der Waals surface area contributed by atoms with Crippen molar-refractivity contribution in [3.63, 3.8) is 0 Å². The highest BCUT2D eigenvalue weighted by atomic mass is 16.7. The van der Waals surface area contributed by atoms with Crippen LogP contribution in [0.5, 0.6) is 0 Å². The number of unbranched alkanes of at least 4 members (excludes halogenated alkanes) is 2. The highest BCUT2D eigenvalue weighted by molar-refractivity contribution is 5.76. The molecule has 0 radical (unpaired) electrons. The molecule has 3 heterocycles. The Morgan fingerprint density at radius 2 is 1.57 bits per heavy atom. The van der Waals surface area contributed by atoms with E-state index in [0.29, 0.717) is 32.7 Å². The lowest BCUT2D eigenvalue weighted by molar-refractivity contribution is -0.278. The van der Waals surface area contributed by atoms with Crippen molar-refractivity contribution in [1.29, 1.82) is 0 Å². The van der Waals surface area contributed by atoms with E-state index >= 15 is 0 Å². The van der Waals surface area contributed by atoms with Gasteiger partial charge in [0.25, 0.3) is 0 Å². The molecule has 274 valence electrons. The summed E-state index contributed by atoms with van der Waals surface area (Å²) in [6, 6.07) is 24.6. The fraction of sp³-hybridized carbons (Fsp3) is 0.512. The highest BCUT2D eigenvalue weighted by Crippen LogP contribution is 2.43. The number of nitrogens with zero attached hydrogens (tertiary/aromatic N) is 1. The number of ether oxygens (including phenoxy) is 4. The first kappa shape index (κ1) is 37.1. The van der Waals surface area contributed by atoms with Crippen LogP contribution >= 0.6 is 0 Å². The van der Waals surface area contributed by atoms with Gasteiger partial charge in [-0.1, -0.05) is 80.1 Å². The zero-order chi connectivity index (χ0) is 35.6. The number of benzene rings is 3. The fourth-order valence-corrected chi connectivity index (χ4v) is 7.28. The van der Waals surface area contributed by atoms with Crippen molar-refractivity contribution in [2.75, 3.05) is 39.4 Å². The molecule has 3 N–H and O–H groups in total. The van der Waals surface area contributed by atoms with Gasteiger partial charge in [0, 0.05) is 70.4 Å². The van der Waals surface area contributed by atoms with E-state index in [9.17, 15) is 14.7 Å². The Balaban J connectivity index is 1.08. The van der Waals surface area contributed by atoms with Gasteiger partial charge in [0.2, 0.25) is 11.8 Å². The van der Waals surface area contributed by atoms with Crippen LogP contribution in [-0.2, 0) is 41.7 Å². The summed E-state index contributed by atoms with van der Waals surface area (Å²) in [4.78, 5) is 25.9. The summed E-state index contributed by atoms with van der Waals surface area (Å²) >= 11 is 0. The number of nitrogens with one attached hydrogen (secondary N) is 2. The molecule has 2 amide bonds. The normalized spacial score (nSPS) is 23.3. The van der Waals surface area contributed by atoms with Crippen LogP contribution in [0.4, 0.5) is 0 Å². The van der Waals surface area contributed by atoms with E-state index in [1.807, 2.05) is 24.3 Å². The number of hydrogen-bond donors (Lipinski definition) is 3. The van der Waals surface area contributed by atoms with Crippen LogP contribution in [0.2, 0.25) is 0 Å². The van der Waals surface area contributed by atoms with Crippen molar-refractivity contribution in [1.82, 2.24) is 15.5 Å². The number of piperidine rings is 1. The first-order valence-electron chi connectivity index (χ1n) is 18.5. The number of hydrogen-bond acceptors (Lipinski definition) is 8. The van der Waals surface area contributed by atoms with E-state index < -0.39 is 12.1 Å². The molecule has 3 aliphatic rings. The second-order valence-electron chi connectivity index (χ2n) is 14.1. The van der Waals surface area contributed by atoms with Crippen LogP contribution in [0.15, 0.2) is 72.8 Å². The van der Waals surface area contributed by atoms with Crippen molar-refractivity contribution in [2.24, 2.45) is 5.92 Å². The van der Waals surface area contributed by atoms with Crippen LogP contribution in [0, 0.1) is 5.92 Å². The average molecular weight is 700 g/mol. The first-order chi connectivity index (χ1) is 24.8. The number of aliphatic hydroxyl groups excluding tert-OH is 1. The molecule has 0 saturated carbocycles. The molecule has 6 rings (SSSR count). The number of carbonyl (C=O) groups is 2. The third-order valence-electron chi connectivity index (χ3n) is 10.4. The summed E-state index contributed by atoms with van der Waals surface area (Å²) in [5.41, 5.74) is 6.09. The third-order valence-corrected chi connectivity index (χ3v) is 10.4.